The molecule has 0 aromatic rings. The molecule has 0 bridgehead atoms. The van der Waals surface area contributed by atoms with E-state index in [1.165, 1.54) is 103 Å². The molecule has 2 nitrogen and oxygen atoms in total. The van der Waals surface area contributed by atoms with Crippen LogP contribution in [0.4, 0.5) is 0 Å². The maximum absolute atomic E-state index is 8.98. The van der Waals surface area contributed by atoms with Crippen LogP contribution < -0.4 is 5.32 Å². The van der Waals surface area contributed by atoms with Gasteiger partial charge in [0.25, 0.3) is 0 Å². The van der Waals surface area contributed by atoms with Gasteiger partial charge in [0.05, 0.1) is 0 Å². The summed E-state index contributed by atoms with van der Waals surface area (Å²) in [5.74, 6) is 6.79. The van der Waals surface area contributed by atoms with E-state index in [4.69, 9.17) is 5.11 Å². The molecule has 4 fully saturated rings. The fourth-order valence-electron chi connectivity index (χ4n) is 10.4. The van der Waals surface area contributed by atoms with Crippen LogP contribution in [0.2, 0.25) is 0 Å². The summed E-state index contributed by atoms with van der Waals surface area (Å²) in [5, 5.41) is 12.9. The second-order valence-corrected chi connectivity index (χ2v) is 14.8. The normalized spacial score (nSPS) is 41.9. The molecule has 0 amide bonds. The first-order valence-corrected chi connectivity index (χ1v) is 16.1. The van der Waals surface area contributed by atoms with E-state index in [1.807, 2.05) is 0 Å². The number of unbranched alkanes of at least 4 members (excludes halogenated alkanes) is 3. The third-order valence-corrected chi connectivity index (χ3v) is 12.4. The Kier molecular flexibility index (Phi) is 9.73. The molecule has 0 aliphatic heterocycles. The Balaban J connectivity index is 1.31. The maximum atomic E-state index is 8.98. The van der Waals surface area contributed by atoms with E-state index in [0.29, 0.717) is 17.4 Å². The van der Waals surface area contributed by atoms with Crippen LogP contribution in [0.5, 0.6) is 0 Å². The van der Waals surface area contributed by atoms with Crippen molar-refractivity contribution in [3.05, 3.63) is 0 Å². The molecular formula is C33H61NO. The van der Waals surface area contributed by atoms with Gasteiger partial charge in [-0.15, -0.1) is 0 Å². The highest BCUT2D eigenvalue weighted by Crippen LogP contribution is 2.68. The molecule has 0 aromatic heterocycles. The lowest BCUT2D eigenvalue weighted by Gasteiger charge is -2.61. The first-order chi connectivity index (χ1) is 16.8. The van der Waals surface area contributed by atoms with Crippen LogP contribution in [0.3, 0.4) is 0 Å². The van der Waals surface area contributed by atoms with Gasteiger partial charge in [0.2, 0.25) is 0 Å². The van der Waals surface area contributed by atoms with Crippen molar-refractivity contribution in [3.8, 4) is 0 Å². The van der Waals surface area contributed by atoms with Gasteiger partial charge in [-0.3, -0.25) is 0 Å². The average Bonchev–Trinajstić information content (AvgIpc) is 3.18. The van der Waals surface area contributed by atoms with Crippen molar-refractivity contribution in [2.75, 3.05) is 13.2 Å². The molecule has 2 heteroatoms. The van der Waals surface area contributed by atoms with E-state index in [9.17, 15) is 0 Å². The van der Waals surface area contributed by atoms with E-state index in [1.54, 1.807) is 0 Å². The van der Waals surface area contributed by atoms with Crippen molar-refractivity contribution in [1.29, 1.82) is 0 Å². The average molecular weight is 488 g/mol. The van der Waals surface area contributed by atoms with Gasteiger partial charge >= 0.3 is 0 Å². The molecule has 9 atom stereocenters. The third-order valence-electron chi connectivity index (χ3n) is 12.4. The Morgan fingerprint density at radius 1 is 0.771 bits per heavy atom. The van der Waals surface area contributed by atoms with E-state index in [-0.39, 0.29) is 0 Å². The molecule has 0 spiro atoms. The van der Waals surface area contributed by atoms with E-state index in [2.05, 4.69) is 39.9 Å². The molecule has 0 radical (unpaired) electrons. The summed E-state index contributed by atoms with van der Waals surface area (Å²) < 4.78 is 0. The Morgan fingerprint density at radius 2 is 1.51 bits per heavy atom. The van der Waals surface area contributed by atoms with Crippen LogP contribution >= 0.6 is 0 Å². The third kappa shape index (κ3) is 6.00. The Hall–Kier alpha value is -0.0800. The van der Waals surface area contributed by atoms with E-state index >= 15 is 0 Å². The van der Waals surface area contributed by atoms with Crippen LogP contribution in [-0.2, 0) is 0 Å². The highest BCUT2D eigenvalue weighted by Gasteiger charge is 2.60. The van der Waals surface area contributed by atoms with Gasteiger partial charge < -0.3 is 10.4 Å². The zero-order valence-corrected chi connectivity index (χ0v) is 24.3. The van der Waals surface area contributed by atoms with Gasteiger partial charge in [0, 0.05) is 12.6 Å². The van der Waals surface area contributed by atoms with E-state index in [0.717, 1.165) is 53.9 Å². The molecule has 0 unspecified atom stereocenters. The molecule has 35 heavy (non-hydrogen) atoms. The quantitative estimate of drug-likeness (QED) is 0.270. The van der Waals surface area contributed by atoms with Crippen molar-refractivity contribution in [3.63, 3.8) is 0 Å². The topological polar surface area (TPSA) is 32.3 Å². The number of aliphatic hydroxyl groups excluding tert-OH is 1. The first kappa shape index (κ1) is 27.9. The van der Waals surface area contributed by atoms with Crippen LogP contribution in [0.15, 0.2) is 0 Å². The second-order valence-electron chi connectivity index (χ2n) is 14.8. The summed E-state index contributed by atoms with van der Waals surface area (Å²) in [6, 6.07) is 0.763. The zero-order valence-electron chi connectivity index (χ0n) is 24.3. The van der Waals surface area contributed by atoms with Crippen molar-refractivity contribution in [2.45, 2.75) is 143 Å². The fourth-order valence-corrected chi connectivity index (χ4v) is 10.4. The molecule has 4 aliphatic carbocycles. The molecule has 204 valence electrons. The second kappa shape index (κ2) is 12.2. The molecule has 4 rings (SSSR count). The summed E-state index contributed by atoms with van der Waals surface area (Å²) in [5.41, 5.74) is 1.25. The zero-order chi connectivity index (χ0) is 25.1. The van der Waals surface area contributed by atoms with Gasteiger partial charge in [0.15, 0.2) is 0 Å². The lowest BCUT2D eigenvalue weighted by atomic mass is 9.44. The van der Waals surface area contributed by atoms with E-state index < -0.39 is 0 Å². The number of hydrogen-bond donors (Lipinski definition) is 2. The van der Waals surface area contributed by atoms with Crippen LogP contribution in [0.1, 0.15) is 137 Å². The summed E-state index contributed by atoms with van der Waals surface area (Å²) in [7, 11) is 0. The fraction of sp³-hybridized carbons (Fsp3) is 1.00. The number of fused-ring (bicyclic) bond motifs is 5. The molecule has 4 aliphatic rings. The molecule has 0 heterocycles. The predicted molar refractivity (Wildman–Crippen MR) is 150 cm³/mol. The van der Waals surface area contributed by atoms with Crippen LogP contribution in [-0.4, -0.2) is 24.3 Å². The molecule has 4 saturated carbocycles. The van der Waals surface area contributed by atoms with Crippen molar-refractivity contribution in [1.82, 2.24) is 5.32 Å². The molecule has 0 aromatic carbocycles. The number of hydrogen-bond acceptors (Lipinski definition) is 2. The lowest BCUT2D eigenvalue weighted by molar-refractivity contribution is -0.118. The first-order valence-electron chi connectivity index (χ1n) is 16.1. The highest BCUT2D eigenvalue weighted by atomic mass is 16.2. The van der Waals surface area contributed by atoms with Gasteiger partial charge in [-0.25, -0.2) is 0 Å². The number of nitrogens with one attached hydrogen (secondary N) is 1. The number of aliphatic hydroxyl groups is 1. The predicted octanol–water partition coefficient (Wildman–Crippen LogP) is 8.62. The number of rotatable bonds is 12. The van der Waals surface area contributed by atoms with Crippen molar-refractivity contribution >= 4 is 0 Å². The van der Waals surface area contributed by atoms with Crippen LogP contribution in [0.25, 0.3) is 0 Å². The smallest absolute Gasteiger partial charge is 0.0431 e. The SMILES string of the molecule is CC(C)CCC[C@@H](C)[C@H]1CC[C@H]2[C@@H]3CC[C@H]4C[C@@H](NCCCCCCO)CC[C@]4(C)[C@H]3CC[C@]12C. The molecule has 0 saturated heterocycles. The Bertz CT molecular complexity index is 647. The minimum atomic E-state index is 0.358. The summed E-state index contributed by atoms with van der Waals surface area (Å²) in [6.07, 6.45) is 22.5. The standard InChI is InChI=1S/C33H61NO/c1-24(2)11-10-12-25(3)29-15-16-30-28-14-13-26-23-27(34-21-8-6-7-9-22-35)17-19-32(26,4)31(28)18-20-33(29,30)5/h24-31,34-35H,6-23H2,1-5H3/t25-,26+,27+,28+,29-,30+,31+,32+,33-/m1/s1. The summed E-state index contributed by atoms with van der Waals surface area (Å²) in [6.45, 7) is 14.4. The highest BCUT2D eigenvalue weighted by molar-refractivity contribution is 5.10. The van der Waals surface area contributed by atoms with Crippen molar-refractivity contribution < 1.29 is 5.11 Å². The van der Waals surface area contributed by atoms with Gasteiger partial charge in [-0.2, -0.15) is 0 Å². The Morgan fingerprint density at radius 3 is 2.29 bits per heavy atom. The van der Waals surface area contributed by atoms with Gasteiger partial charge in [-0.05, 0) is 129 Å². The molecular weight excluding hydrogens is 426 g/mol. The lowest BCUT2D eigenvalue weighted by Crippen LogP contribution is -2.55. The monoisotopic (exact) mass is 487 g/mol. The minimum absolute atomic E-state index is 0.358. The molecule has 2 N–H and O–H groups in total. The van der Waals surface area contributed by atoms with Gasteiger partial charge in [-0.1, -0.05) is 66.7 Å². The summed E-state index contributed by atoms with van der Waals surface area (Å²) >= 11 is 0. The maximum Gasteiger partial charge on any atom is 0.0431 e. The van der Waals surface area contributed by atoms with Gasteiger partial charge in [0.1, 0.15) is 0 Å². The van der Waals surface area contributed by atoms with Crippen molar-refractivity contribution in [2.24, 2.45) is 52.3 Å². The minimum Gasteiger partial charge on any atom is -0.396 e. The largest absolute Gasteiger partial charge is 0.396 e. The van der Waals surface area contributed by atoms with Crippen LogP contribution in [0, 0.1) is 52.3 Å². The summed E-state index contributed by atoms with van der Waals surface area (Å²) in [4.78, 5) is 0. The Labute approximate surface area is 219 Å².